The number of imidazole rings is 1. The van der Waals surface area contributed by atoms with E-state index in [1.807, 2.05) is 41.2 Å². The lowest BCUT2D eigenvalue weighted by atomic mass is 10.1. The van der Waals surface area contributed by atoms with Gasteiger partial charge in [0.25, 0.3) is 0 Å². The van der Waals surface area contributed by atoms with Gasteiger partial charge < -0.3 is 9.88 Å². The van der Waals surface area contributed by atoms with Gasteiger partial charge in [0, 0.05) is 30.7 Å². The maximum absolute atomic E-state index is 4.67. The zero-order valence-electron chi connectivity index (χ0n) is 15.2. The number of aromatic nitrogens is 4. The average molecular weight is 355 g/mol. The predicted octanol–water partition coefficient (Wildman–Crippen LogP) is 4.43. The Morgan fingerprint density at radius 3 is 2.70 bits per heavy atom. The summed E-state index contributed by atoms with van der Waals surface area (Å²) in [6.45, 7) is 2.13. The van der Waals surface area contributed by atoms with Gasteiger partial charge in [-0.15, -0.1) is 0 Å². The van der Waals surface area contributed by atoms with Crippen molar-refractivity contribution in [3.05, 3.63) is 103 Å². The molecule has 4 aromatic rings. The van der Waals surface area contributed by atoms with E-state index in [2.05, 4.69) is 63.6 Å². The summed E-state index contributed by atoms with van der Waals surface area (Å²) < 4.78 is 2.00. The van der Waals surface area contributed by atoms with Gasteiger partial charge >= 0.3 is 0 Å². The molecule has 0 bridgehead atoms. The zero-order valence-corrected chi connectivity index (χ0v) is 15.2. The van der Waals surface area contributed by atoms with Crippen LogP contribution in [0.3, 0.4) is 0 Å². The van der Waals surface area contributed by atoms with E-state index in [1.165, 1.54) is 11.1 Å². The summed E-state index contributed by atoms with van der Waals surface area (Å²) in [5, 5.41) is 3.48. The maximum atomic E-state index is 4.67. The standard InChI is InChI=1S/C22H21N5/c1-17(19-8-5-9-20(15-19)27-13-12-23-16-27)25-21-10-11-24-22(26-21)14-18-6-3-2-4-7-18/h2-13,15-17H,14H2,1H3,(H,24,25,26). The molecule has 2 aromatic heterocycles. The molecule has 0 saturated heterocycles. The van der Waals surface area contributed by atoms with Crippen LogP contribution in [0.1, 0.15) is 29.9 Å². The topological polar surface area (TPSA) is 55.6 Å². The van der Waals surface area contributed by atoms with Crippen LogP contribution in [-0.4, -0.2) is 19.5 Å². The molecule has 0 radical (unpaired) electrons. The molecule has 2 aromatic carbocycles. The van der Waals surface area contributed by atoms with Gasteiger partial charge in [0.15, 0.2) is 0 Å². The lowest BCUT2D eigenvalue weighted by molar-refractivity contribution is 0.857. The number of hydrogen-bond donors (Lipinski definition) is 1. The highest BCUT2D eigenvalue weighted by Crippen LogP contribution is 2.20. The third-order valence-electron chi connectivity index (χ3n) is 4.45. The lowest BCUT2D eigenvalue weighted by Crippen LogP contribution is -2.10. The molecule has 27 heavy (non-hydrogen) atoms. The van der Waals surface area contributed by atoms with E-state index in [0.717, 1.165) is 23.8 Å². The highest BCUT2D eigenvalue weighted by molar-refractivity contribution is 5.42. The highest BCUT2D eigenvalue weighted by atomic mass is 15.0. The Morgan fingerprint density at radius 2 is 1.89 bits per heavy atom. The Hall–Kier alpha value is -3.47. The van der Waals surface area contributed by atoms with Crippen molar-refractivity contribution in [1.82, 2.24) is 19.5 Å². The number of nitrogens with zero attached hydrogens (tertiary/aromatic N) is 4. The Kier molecular flexibility index (Phi) is 4.92. The molecule has 0 aliphatic carbocycles. The van der Waals surface area contributed by atoms with Crippen molar-refractivity contribution in [3.63, 3.8) is 0 Å². The first kappa shape index (κ1) is 17.0. The van der Waals surface area contributed by atoms with Crippen LogP contribution < -0.4 is 5.32 Å². The molecule has 1 N–H and O–H groups in total. The van der Waals surface area contributed by atoms with Crippen molar-refractivity contribution in [2.45, 2.75) is 19.4 Å². The first-order valence-electron chi connectivity index (χ1n) is 8.98. The van der Waals surface area contributed by atoms with Crippen LogP contribution in [0.25, 0.3) is 5.69 Å². The first-order valence-corrected chi connectivity index (χ1v) is 8.98. The quantitative estimate of drug-likeness (QED) is 0.556. The third-order valence-corrected chi connectivity index (χ3v) is 4.45. The molecule has 0 amide bonds. The zero-order chi connectivity index (χ0) is 18.5. The predicted molar refractivity (Wildman–Crippen MR) is 107 cm³/mol. The van der Waals surface area contributed by atoms with E-state index in [-0.39, 0.29) is 6.04 Å². The molecule has 0 fully saturated rings. The summed E-state index contributed by atoms with van der Waals surface area (Å²) in [4.78, 5) is 13.2. The smallest absolute Gasteiger partial charge is 0.135 e. The Bertz CT molecular complexity index is 996. The first-order chi connectivity index (χ1) is 13.3. The third kappa shape index (κ3) is 4.20. The molecule has 0 aliphatic heterocycles. The summed E-state index contributed by atoms with van der Waals surface area (Å²) >= 11 is 0. The molecular formula is C22H21N5. The van der Waals surface area contributed by atoms with E-state index in [9.17, 15) is 0 Å². The molecule has 134 valence electrons. The number of anilines is 1. The van der Waals surface area contributed by atoms with Crippen LogP contribution in [-0.2, 0) is 6.42 Å². The van der Waals surface area contributed by atoms with Crippen LogP contribution in [0.15, 0.2) is 85.6 Å². The molecule has 0 aliphatic rings. The second-order valence-electron chi connectivity index (χ2n) is 6.45. The highest BCUT2D eigenvalue weighted by Gasteiger charge is 2.09. The summed E-state index contributed by atoms with van der Waals surface area (Å²) in [5.41, 5.74) is 3.48. The number of nitrogens with one attached hydrogen (secondary N) is 1. The van der Waals surface area contributed by atoms with Crippen molar-refractivity contribution in [1.29, 1.82) is 0 Å². The normalized spacial score (nSPS) is 11.9. The summed E-state index contributed by atoms with van der Waals surface area (Å²) in [5.74, 6) is 1.64. The van der Waals surface area contributed by atoms with Gasteiger partial charge in [-0.05, 0) is 36.2 Å². The second-order valence-corrected chi connectivity index (χ2v) is 6.45. The van der Waals surface area contributed by atoms with Gasteiger partial charge in [0.05, 0.1) is 12.4 Å². The summed E-state index contributed by atoms with van der Waals surface area (Å²) in [6, 6.07) is 20.7. The average Bonchev–Trinajstić information content (AvgIpc) is 3.24. The fourth-order valence-corrected chi connectivity index (χ4v) is 3.01. The summed E-state index contributed by atoms with van der Waals surface area (Å²) in [6.07, 6.45) is 8.06. The SMILES string of the molecule is CC(Nc1ccnc(Cc2ccccc2)n1)c1cccc(-n2ccnc2)c1. The van der Waals surface area contributed by atoms with Crippen molar-refractivity contribution in [3.8, 4) is 5.69 Å². The van der Waals surface area contributed by atoms with E-state index in [4.69, 9.17) is 0 Å². The van der Waals surface area contributed by atoms with Gasteiger partial charge in [-0.2, -0.15) is 0 Å². The molecule has 5 nitrogen and oxygen atoms in total. The number of hydrogen-bond acceptors (Lipinski definition) is 4. The monoisotopic (exact) mass is 355 g/mol. The van der Waals surface area contributed by atoms with Gasteiger partial charge in [-0.1, -0.05) is 42.5 Å². The van der Waals surface area contributed by atoms with Crippen LogP contribution in [0.2, 0.25) is 0 Å². The largest absolute Gasteiger partial charge is 0.363 e. The van der Waals surface area contributed by atoms with E-state index in [1.54, 1.807) is 12.5 Å². The maximum Gasteiger partial charge on any atom is 0.135 e. The summed E-state index contributed by atoms with van der Waals surface area (Å²) in [7, 11) is 0. The number of rotatable bonds is 6. The van der Waals surface area contributed by atoms with E-state index in [0.29, 0.717) is 0 Å². The molecule has 0 spiro atoms. The minimum Gasteiger partial charge on any atom is -0.363 e. The van der Waals surface area contributed by atoms with Gasteiger partial charge in [-0.3, -0.25) is 0 Å². The van der Waals surface area contributed by atoms with Gasteiger partial charge in [0.2, 0.25) is 0 Å². The minimum absolute atomic E-state index is 0.118. The fourth-order valence-electron chi connectivity index (χ4n) is 3.01. The van der Waals surface area contributed by atoms with Gasteiger partial charge in [0.1, 0.15) is 11.6 Å². The van der Waals surface area contributed by atoms with E-state index >= 15 is 0 Å². The Balaban J connectivity index is 1.49. The molecule has 1 unspecified atom stereocenters. The minimum atomic E-state index is 0.118. The van der Waals surface area contributed by atoms with Crippen LogP contribution in [0, 0.1) is 0 Å². The van der Waals surface area contributed by atoms with Crippen molar-refractivity contribution in [2.24, 2.45) is 0 Å². The molecule has 5 heteroatoms. The van der Waals surface area contributed by atoms with Crippen molar-refractivity contribution in [2.75, 3.05) is 5.32 Å². The fraction of sp³-hybridized carbons (Fsp3) is 0.136. The molecule has 1 atom stereocenters. The molecule has 2 heterocycles. The molecular weight excluding hydrogens is 334 g/mol. The molecule has 4 rings (SSSR count). The molecule has 0 saturated carbocycles. The Labute approximate surface area is 158 Å². The van der Waals surface area contributed by atoms with E-state index < -0.39 is 0 Å². The number of benzene rings is 2. The second kappa shape index (κ2) is 7.83. The van der Waals surface area contributed by atoms with Crippen molar-refractivity contribution >= 4 is 5.82 Å². The van der Waals surface area contributed by atoms with Crippen LogP contribution in [0.4, 0.5) is 5.82 Å². The van der Waals surface area contributed by atoms with Crippen molar-refractivity contribution < 1.29 is 0 Å². The van der Waals surface area contributed by atoms with Crippen LogP contribution >= 0.6 is 0 Å². The Morgan fingerprint density at radius 1 is 1.00 bits per heavy atom. The lowest BCUT2D eigenvalue weighted by Gasteiger charge is -2.16. The van der Waals surface area contributed by atoms with Crippen LogP contribution in [0.5, 0.6) is 0 Å². The van der Waals surface area contributed by atoms with Gasteiger partial charge in [-0.25, -0.2) is 15.0 Å².